The van der Waals surface area contributed by atoms with Gasteiger partial charge in [-0.1, -0.05) is 29.8 Å². The van der Waals surface area contributed by atoms with Crippen molar-refractivity contribution in [3.05, 3.63) is 41.0 Å². The van der Waals surface area contributed by atoms with E-state index in [1.165, 1.54) is 22.2 Å². The zero-order chi connectivity index (χ0) is 15.6. The van der Waals surface area contributed by atoms with Crippen molar-refractivity contribution in [3.63, 3.8) is 0 Å². The van der Waals surface area contributed by atoms with Crippen molar-refractivity contribution in [2.75, 3.05) is 12.8 Å². The molecule has 2 rings (SSSR count). The summed E-state index contributed by atoms with van der Waals surface area (Å²) in [7, 11) is -2.22. The summed E-state index contributed by atoms with van der Waals surface area (Å²) in [5.41, 5.74) is 6.43. The van der Waals surface area contributed by atoms with E-state index in [4.69, 9.17) is 17.3 Å². The Morgan fingerprint density at radius 2 is 2.05 bits per heavy atom. The summed E-state index contributed by atoms with van der Waals surface area (Å²) in [6.07, 6.45) is 1.44. The Kier molecular flexibility index (Phi) is 4.55. The van der Waals surface area contributed by atoms with Crippen molar-refractivity contribution in [1.82, 2.24) is 14.1 Å². The van der Waals surface area contributed by atoms with E-state index < -0.39 is 10.0 Å². The Labute approximate surface area is 129 Å². The summed E-state index contributed by atoms with van der Waals surface area (Å²) in [5.74, 6) is 0.00265. The fraction of sp³-hybridized carbons (Fsp3) is 0.308. The first kappa shape index (κ1) is 15.8. The highest BCUT2D eigenvalue weighted by molar-refractivity contribution is 7.89. The zero-order valence-electron chi connectivity index (χ0n) is 11.8. The number of aryl methyl sites for hydroxylation is 1. The minimum absolute atomic E-state index is 0.00265. The Morgan fingerprint density at radius 3 is 2.62 bits per heavy atom. The van der Waals surface area contributed by atoms with Gasteiger partial charge in [0.2, 0.25) is 10.0 Å². The summed E-state index contributed by atoms with van der Waals surface area (Å²) < 4.78 is 27.8. The molecule has 0 amide bonds. The van der Waals surface area contributed by atoms with Gasteiger partial charge in [-0.3, -0.25) is 4.68 Å². The lowest BCUT2D eigenvalue weighted by atomic mass is 10.2. The van der Waals surface area contributed by atoms with Gasteiger partial charge < -0.3 is 5.73 Å². The molecule has 0 saturated heterocycles. The summed E-state index contributed by atoms with van der Waals surface area (Å²) in [6, 6.07) is 7.11. The SMILES string of the molecule is CCn1cc(S(=O)(=O)N(C)Cc2ccccc2Cl)c(N)n1. The molecule has 0 spiro atoms. The van der Waals surface area contributed by atoms with E-state index >= 15 is 0 Å². The molecule has 0 aliphatic carbocycles. The highest BCUT2D eigenvalue weighted by Crippen LogP contribution is 2.23. The summed E-state index contributed by atoms with van der Waals surface area (Å²) in [4.78, 5) is 0.0129. The molecule has 2 aromatic rings. The number of anilines is 1. The number of rotatable bonds is 5. The minimum Gasteiger partial charge on any atom is -0.381 e. The van der Waals surface area contributed by atoms with Crippen LogP contribution in [-0.2, 0) is 23.1 Å². The molecule has 8 heteroatoms. The van der Waals surface area contributed by atoms with Gasteiger partial charge in [0.05, 0.1) is 0 Å². The van der Waals surface area contributed by atoms with Gasteiger partial charge in [-0.05, 0) is 18.6 Å². The molecule has 0 unspecified atom stereocenters. The second-order valence-electron chi connectivity index (χ2n) is 4.59. The van der Waals surface area contributed by atoms with E-state index in [0.717, 1.165) is 5.56 Å². The van der Waals surface area contributed by atoms with Gasteiger partial charge in [0.25, 0.3) is 0 Å². The van der Waals surface area contributed by atoms with Crippen LogP contribution in [0.5, 0.6) is 0 Å². The quantitative estimate of drug-likeness (QED) is 0.909. The summed E-state index contributed by atoms with van der Waals surface area (Å²) in [5, 5.41) is 4.49. The maximum atomic E-state index is 12.5. The maximum absolute atomic E-state index is 12.5. The van der Waals surface area contributed by atoms with Gasteiger partial charge in [-0.2, -0.15) is 9.40 Å². The molecular formula is C13H17ClN4O2S. The molecule has 0 aliphatic rings. The Hall–Kier alpha value is -1.57. The molecule has 0 radical (unpaired) electrons. The number of nitrogen functional groups attached to an aromatic ring is 1. The van der Waals surface area contributed by atoms with Gasteiger partial charge in [0.1, 0.15) is 4.90 Å². The van der Waals surface area contributed by atoms with E-state index in [2.05, 4.69) is 5.10 Å². The van der Waals surface area contributed by atoms with Crippen LogP contribution in [0.25, 0.3) is 0 Å². The van der Waals surface area contributed by atoms with Crippen LogP contribution in [-0.4, -0.2) is 29.6 Å². The van der Waals surface area contributed by atoms with Crippen molar-refractivity contribution in [1.29, 1.82) is 0 Å². The second kappa shape index (κ2) is 6.05. The van der Waals surface area contributed by atoms with Crippen LogP contribution in [0.4, 0.5) is 5.82 Å². The summed E-state index contributed by atoms with van der Waals surface area (Å²) in [6.45, 7) is 2.57. The number of benzene rings is 1. The average Bonchev–Trinajstić information content (AvgIpc) is 2.83. The monoisotopic (exact) mass is 328 g/mol. The molecule has 2 N–H and O–H groups in total. The lowest BCUT2D eigenvalue weighted by molar-refractivity contribution is 0.467. The Morgan fingerprint density at radius 1 is 1.38 bits per heavy atom. The van der Waals surface area contributed by atoms with Gasteiger partial charge in [0, 0.05) is 31.4 Å². The lowest BCUT2D eigenvalue weighted by Gasteiger charge is -2.17. The second-order valence-corrected chi connectivity index (χ2v) is 7.01. The number of nitrogens with two attached hydrogens (primary N) is 1. The molecule has 6 nitrogen and oxygen atoms in total. The van der Waals surface area contributed by atoms with Gasteiger partial charge in [-0.25, -0.2) is 8.42 Å². The van der Waals surface area contributed by atoms with Crippen molar-refractivity contribution in [3.8, 4) is 0 Å². The topological polar surface area (TPSA) is 81.2 Å². The highest BCUT2D eigenvalue weighted by Gasteiger charge is 2.26. The number of sulfonamides is 1. The largest absolute Gasteiger partial charge is 0.381 e. The van der Waals surface area contributed by atoms with Crippen molar-refractivity contribution in [2.45, 2.75) is 24.9 Å². The fourth-order valence-corrected chi connectivity index (χ4v) is 3.30. The van der Waals surface area contributed by atoms with Gasteiger partial charge in [-0.15, -0.1) is 0 Å². The van der Waals surface area contributed by atoms with Crippen LogP contribution in [0.2, 0.25) is 5.02 Å². The molecule has 0 bridgehead atoms. The van der Waals surface area contributed by atoms with Crippen molar-refractivity contribution in [2.24, 2.45) is 0 Å². The Balaban J connectivity index is 2.30. The molecule has 1 heterocycles. The zero-order valence-corrected chi connectivity index (χ0v) is 13.4. The third-order valence-corrected chi connectivity index (χ3v) is 5.31. The molecule has 21 heavy (non-hydrogen) atoms. The fourth-order valence-electron chi connectivity index (χ4n) is 1.90. The van der Waals surface area contributed by atoms with Gasteiger partial charge in [0.15, 0.2) is 5.82 Å². The summed E-state index contributed by atoms with van der Waals surface area (Å²) >= 11 is 6.06. The standard InChI is InChI=1S/C13H17ClN4O2S/c1-3-18-9-12(13(15)16-18)21(19,20)17(2)8-10-6-4-5-7-11(10)14/h4-7,9H,3,8H2,1-2H3,(H2,15,16). The van der Waals surface area contributed by atoms with Crippen LogP contribution >= 0.6 is 11.6 Å². The first-order valence-corrected chi connectivity index (χ1v) is 8.20. The molecule has 114 valence electrons. The molecule has 0 atom stereocenters. The number of hydrogen-bond acceptors (Lipinski definition) is 4. The van der Waals surface area contributed by atoms with Crippen LogP contribution in [0.1, 0.15) is 12.5 Å². The van der Waals surface area contributed by atoms with Crippen molar-refractivity contribution < 1.29 is 8.42 Å². The normalized spacial score (nSPS) is 12.0. The maximum Gasteiger partial charge on any atom is 0.248 e. The van der Waals surface area contributed by atoms with Crippen LogP contribution < -0.4 is 5.73 Å². The number of hydrogen-bond donors (Lipinski definition) is 1. The van der Waals surface area contributed by atoms with E-state index in [-0.39, 0.29) is 17.3 Å². The van der Waals surface area contributed by atoms with Gasteiger partial charge >= 0.3 is 0 Å². The molecule has 0 fully saturated rings. The van der Waals surface area contributed by atoms with E-state index in [0.29, 0.717) is 11.6 Å². The molecule has 1 aromatic heterocycles. The van der Waals surface area contributed by atoms with E-state index in [9.17, 15) is 8.42 Å². The molecule has 1 aromatic carbocycles. The Bertz CT molecular complexity index is 742. The first-order valence-electron chi connectivity index (χ1n) is 6.39. The molecule has 0 saturated carbocycles. The molecular weight excluding hydrogens is 312 g/mol. The first-order chi connectivity index (χ1) is 9.86. The van der Waals surface area contributed by atoms with E-state index in [1.807, 2.05) is 13.0 Å². The number of nitrogens with zero attached hydrogens (tertiary/aromatic N) is 3. The van der Waals surface area contributed by atoms with Crippen LogP contribution in [0, 0.1) is 0 Å². The third-order valence-electron chi connectivity index (χ3n) is 3.12. The predicted octanol–water partition coefficient (Wildman–Crippen LogP) is 1.96. The molecule has 0 aliphatic heterocycles. The predicted molar refractivity (Wildman–Crippen MR) is 82.4 cm³/mol. The van der Waals surface area contributed by atoms with Crippen LogP contribution in [0.3, 0.4) is 0 Å². The lowest BCUT2D eigenvalue weighted by Crippen LogP contribution is -2.27. The van der Waals surface area contributed by atoms with Crippen LogP contribution in [0.15, 0.2) is 35.4 Å². The highest BCUT2D eigenvalue weighted by atomic mass is 35.5. The third kappa shape index (κ3) is 3.20. The number of aromatic nitrogens is 2. The average molecular weight is 329 g/mol. The van der Waals surface area contributed by atoms with E-state index in [1.54, 1.807) is 18.2 Å². The number of halogens is 1. The minimum atomic E-state index is -3.71. The smallest absolute Gasteiger partial charge is 0.248 e. The van der Waals surface area contributed by atoms with Crippen molar-refractivity contribution >= 4 is 27.4 Å².